The Morgan fingerprint density at radius 1 is 1.55 bits per heavy atom. The molecule has 0 saturated carbocycles. The molecule has 22 heavy (non-hydrogen) atoms. The largest absolute Gasteiger partial charge is 0.463 e. The summed E-state index contributed by atoms with van der Waals surface area (Å²) >= 11 is 0. The molecule has 2 heterocycles. The third-order valence-corrected chi connectivity index (χ3v) is 5.75. The summed E-state index contributed by atoms with van der Waals surface area (Å²) in [5, 5.41) is 3.07. The summed E-state index contributed by atoms with van der Waals surface area (Å²) in [6.45, 7) is 3.53. The van der Waals surface area contributed by atoms with Crippen molar-refractivity contribution in [2.75, 3.05) is 33.8 Å². The van der Waals surface area contributed by atoms with Crippen LogP contribution >= 0.6 is 0 Å². The van der Waals surface area contributed by atoms with Crippen LogP contribution in [0.3, 0.4) is 0 Å². The Balaban J connectivity index is 2.29. The molecule has 1 aromatic heterocycles. The predicted molar refractivity (Wildman–Crippen MR) is 80.2 cm³/mol. The van der Waals surface area contributed by atoms with E-state index in [1.165, 1.54) is 17.5 Å². The molecule has 1 unspecified atom stereocenters. The zero-order chi connectivity index (χ0) is 16.3. The van der Waals surface area contributed by atoms with Crippen molar-refractivity contribution in [3.8, 4) is 0 Å². The molecule has 1 aliphatic rings. The number of carbonyl (C=O) groups is 1. The zero-order valence-corrected chi connectivity index (χ0v) is 13.9. The van der Waals surface area contributed by atoms with Gasteiger partial charge in [-0.15, -0.1) is 0 Å². The van der Waals surface area contributed by atoms with Crippen LogP contribution < -0.4 is 5.32 Å². The van der Waals surface area contributed by atoms with Gasteiger partial charge in [0.05, 0.1) is 7.11 Å². The van der Waals surface area contributed by atoms with Crippen LogP contribution in [0.2, 0.25) is 0 Å². The summed E-state index contributed by atoms with van der Waals surface area (Å²) < 4.78 is 37.0. The number of rotatable bonds is 6. The summed E-state index contributed by atoms with van der Waals surface area (Å²) in [6, 6.07) is 1.27. The molecular formula is C14H22N2O5S. The number of methoxy groups -OCH3 is 1. The molecule has 0 amide bonds. The van der Waals surface area contributed by atoms with E-state index in [0.29, 0.717) is 25.4 Å². The lowest BCUT2D eigenvalue weighted by atomic mass is 10.1. The minimum atomic E-state index is -3.65. The number of sulfonamides is 1. The van der Waals surface area contributed by atoms with Gasteiger partial charge in [-0.3, -0.25) is 0 Å². The molecule has 0 bridgehead atoms. The number of hydrogen-bond donors (Lipinski definition) is 1. The molecular weight excluding hydrogens is 308 g/mol. The molecule has 0 aliphatic carbocycles. The summed E-state index contributed by atoms with van der Waals surface area (Å²) in [5.74, 6) is -0.163. The molecule has 7 nitrogen and oxygen atoms in total. The summed E-state index contributed by atoms with van der Waals surface area (Å²) in [6.07, 6.45) is 1.21. The fourth-order valence-electron chi connectivity index (χ4n) is 2.69. The second-order valence-electron chi connectivity index (χ2n) is 5.32. The van der Waals surface area contributed by atoms with Crippen molar-refractivity contribution >= 4 is 16.0 Å². The van der Waals surface area contributed by atoms with Crippen LogP contribution in [-0.2, 0) is 21.2 Å². The number of aryl methyl sites for hydroxylation is 1. The van der Waals surface area contributed by atoms with Gasteiger partial charge in [0.25, 0.3) is 0 Å². The number of ether oxygens (including phenoxy) is 1. The van der Waals surface area contributed by atoms with Crippen LogP contribution in [0.25, 0.3) is 0 Å². The van der Waals surface area contributed by atoms with Crippen molar-refractivity contribution in [2.24, 2.45) is 5.92 Å². The number of carbonyl (C=O) groups excluding carboxylic acids is 1. The van der Waals surface area contributed by atoms with Crippen LogP contribution in [-0.4, -0.2) is 52.5 Å². The van der Waals surface area contributed by atoms with Gasteiger partial charge in [-0.1, -0.05) is 6.92 Å². The van der Waals surface area contributed by atoms with Crippen LogP contribution in [0.5, 0.6) is 0 Å². The monoisotopic (exact) mass is 330 g/mol. The van der Waals surface area contributed by atoms with Gasteiger partial charge in [-0.2, -0.15) is 4.31 Å². The van der Waals surface area contributed by atoms with Crippen LogP contribution in [0.1, 0.15) is 29.7 Å². The van der Waals surface area contributed by atoms with Crippen molar-refractivity contribution in [3.63, 3.8) is 0 Å². The smallest absolute Gasteiger partial charge is 0.373 e. The van der Waals surface area contributed by atoms with Gasteiger partial charge in [0.15, 0.2) is 0 Å². The summed E-state index contributed by atoms with van der Waals surface area (Å²) in [5.41, 5.74) is 0. The predicted octanol–water partition coefficient (Wildman–Crippen LogP) is 0.859. The number of furan rings is 1. The van der Waals surface area contributed by atoms with Crippen LogP contribution in [0.4, 0.5) is 0 Å². The normalized spacial score (nSPS) is 19.5. The van der Waals surface area contributed by atoms with Gasteiger partial charge in [-0.25, -0.2) is 13.2 Å². The number of nitrogens with zero attached hydrogens (tertiary/aromatic N) is 1. The highest BCUT2D eigenvalue weighted by molar-refractivity contribution is 7.89. The summed E-state index contributed by atoms with van der Waals surface area (Å²) in [4.78, 5) is 11.6. The first-order chi connectivity index (χ1) is 10.4. The van der Waals surface area contributed by atoms with Crippen LogP contribution in [0.15, 0.2) is 15.4 Å². The molecule has 1 fully saturated rings. The van der Waals surface area contributed by atoms with Gasteiger partial charge in [0.1, 0.15) is 10.7 Å². The molecule has 1 saturated heterocycles. The van der Waals surface area contributed by atoms with E-state index in [1.54, 1.807) is 6.92 Å². The average molecular weight is 330 g/mol. The Hall–Kier alpha value is -1.38. The first-order valence-electron chi connectivity index (χ1n) is 7.29. The van der Waals surface area contributed by atoms with Gasteiger partial charge in [-0.05, 0) is 25.9 Å². The number of esters is 1. The third-order valence-electron chi connectivity index (χ3n) is 3.84. The highest BCUT2D eigenvalue weighted by atomic mass is 32.2. The lowest BCUT2D eigenvalue weighted by Crippen LogP contribution is -2.30. The molecule has 8 heteroatoms. The second kappa shape index (κ2) is 6.80. The van der Waals surface area contributed by atoms with E-state index in [4.69, 9.17) is 4.42 Å². The van der Waals surface area contributed by atoms with Gasteiger partial charge < -0.3 is 14.5 Å². The van der Waals surface area contributed by atoms with E-state index >= 15 is 0 Å². The highest BCUT2D eigenvalue weighted by Gasteiger charge is 2.35. The minimum Gasteiger partial charge on any atom is -0.463 e. The maximum absolute atomic E-state index is 12.8. The topological polar surface area (TPSA) is 88.8 Å². The lowest BCUT2D eigenvalue weighted by molar-refractivity contribution is 0.0563. The number of nitrogens with one attached hydrogen (secondary N) is 1. The Morgan fingerprint density at radius 2 is 2.27 bits per heavy atom. The maximum atomic E-state index is 12.8. The SMILES string of the molecule is CCc1oc(C(=O)OC)cc1S(=O)(=O)N1CCC(CNC)C1. The molecule has 1 atom stereocenters. The van der Waals surface area contributed by atoms with Crippen molar-refractivity contribution in [1.29, 1.82) is 0 Å². The fourth-order valence-corrected chi connectivity index (χ4v) is 4.45. The molecule has 2 rings (SSSR count). The van der Waals surface area contributed by atoms with Crippen molar-refractivity contribution in [1.82, 2.24) is 9.62 Å². The standard InChI is InChI=1S/C14H22N2O5S/c1-4-11-13(7-12(21-11)14(17)20-3)22(18,19)16-6-5-10(9-16)8-15-2/h7,10,15H,4-6,8-9H2,1-3H3. The van der Waals surface area contributed by atoms with E-state index in [1.807, 2.05) is 7.05 Å². The van der Waals surface area contributed by atoms with Crippen molar-refractivity contribution in [3.05, 3.63) is 17.6 Å². The first kappa shape index (κ1) is 17.0. The van der Waals surface area contributed by atoms with Crippen molar-refractivity contribution < 1.29 is 22.4 Å². The Kier molecular flexibility index (Phi) is 5.25. The Morgan fingerprint density at radius 3 is 2.86 bits per heavy atom. The molecule has 0 radical (unpaired) electrons. The van der Waals surface area contributed by atoms with E-state index in [0.717, 1.165) is 13.0 Å². The quantitative estimate of drug-likeness (QED) is 0.778. The fraction of sp³-hybridized carbons (Fsp3) is 0.643. The lowest BCUT2D eigenvalue weighted by Gasteiger charge is -2.16. The summed E-state index contributed by atoms with van der Waals surface area (Å²) in [7, 11) is -0.568. The zero-order valence-electron chi connectivity index (χ0n) is 13.1. The minimum absolute atomic E-state index is 0.0699. The van der Waals surface area contributed by atoms with Gasteiger partial charge in [0.2, 0.25) is 15.8 Å². The molecule has 0 spiro atoms. The molecule has 0 aromatic carbocycles. The van der Waals surface area contributed by atoms with Gasteiger partial charge in [0, 0.05) is 25.6 Å². The number of hydrogen-bond acceptors (Lipinski definition) is 6. The third kappa shape index (κ3) is 3.18. The Bertz CT molecular complexity index is 638. The Labute approximate surface area is 130 Å². The van der Waals surface area contributed by atoms with Crippen LogP contribution in [0, 0.1) is 5.92 Å². The highest BCUT2D eigenvalue weighted by Crippen LogP contribution is 2.29. The molecule has 1 aromatic rings. The van der Waals surface area contributed by atoms with E-state index < -0.39 is 16.0 Å². The van der Waals surface area contributed by atoms with E-state index in [9.17, 15) is 13.2 Å². The first-order valence-corrected chi connectivity index (χ1v) is 8.73. The maximum Gasteiger partial charge on any atom is 0.373 e. The van der Waals surface area contributed by atoms with E-state index in [-0.39, 0.29) is 16.4 Å². The molecule has 124 valence electrons. The molecule has 1 aliphatic heterocycles. The average Bonchev–Trinajstić information content (AvgIpc) is 3.13. The van der Waals surface area contributed by atoms with E-state index in [2.05, 4.69) is 10.1 Å². The van der Waals surface area contributed by atoms with Gasteiger partial charge >= 0.3 is 5.97 Å². The second-order valence-corrected chi connectivity index (χ2v) is 7.23. The molecule has 1 N–H and O–H groups in total. The van der Waals surface area contributed by atoms with Crippen molar-refractivity contribution in [2.45, 2.75) is 24.7 Å².